The number of nitrogens with zero attached hydrogens (tertiary/aromatic N) is 2. The molecule has 8 heteroatoms. The van der Waals surface area contributed by atoms with Crippen LogP contribution in [0.5, 0.6) is 0 Å². The Hall–Kier alpha value is -2.64. The first-order valence-corrected chi connectivity index (χ1v) is 6.22. The second kappa shape index (κ2) is 6.69. The maximum absolute atomic E-state index is 11.7. The minimum atomic E-state index is -1.34. The topological polar surface area (TPSA) is 127 Å². The summed E-state index contributed by atoms with van der Waals surface area (Å²) < 4.78 is 1.68. The van der Waals surface area contributed by atoms with Crippen LogP contribution in [-0.4, -0.2) is 38.7 Å². The van der Waals surface area contributed by atoms with Gasteiger partial charge in [0.15, 0.2) is 0 Å². The Morgan fingerprint density at radius 1 is 1.43 bits per heavy atom. The van der Waals surface area contributed by atoms with Crippen molar-refractivity contribution in [3.63, 3.8) is 0 Å². The fourth-order valence-corrected chi connectivity index (χ4v) is 1.81. The van der Waals surface area contributed by atoms with E-state index in [0.717, 1.165) is 17.0 Å². The van der Waals surface area contributed by atoms with Crippen LogP contribution in [0.4, 0.5) is 0 Å². The van der Waals surface area contributed by atoms with Gasteiger partial charge >= 0.3 is 5.97 Å². The third kappa shape index (κ3) is 4.44. The molecule has 0 aliphatic carbocycles. The minimum absolute atomic E-state index is 0.458. The zero-order chi connectivity index (χ0) is 16.2. The molecule has 114 valence electrons. The molecule has 0 fully saturated rings. The van der Waals surface area contributed by atoms with Gasteiger partial charge in [-0.2, -0.15) is 5.10 Å². The molecule has 0 bridgehead atoms. The fraction of sp³-hybridized carbons (Fsp3) is 0.385. The molecular weight excluding hydrogens is 276 g/mol. The van der Waals surface area contributed by atoms with E-state index in [0.29, 0.717) is 0 Å². The van der Waals surface area contributed by atoms with Gasteiger partial charge in [-0.15, -0.1) is 0 Å². The molecule has 8 nitrogen and oxygen atoms in total. The molecule has 0 aliphatic heterocycles. The number of aryl methyl sites for hydroxylation is 2. The van der Waals surface area contributed by atoms with Crippen molar-refractivity contribution in [2.75, 3.05) is 0 Å². The SMILES string of the molecule is Cc1nn(C)c(C)c1/C=C/C(=O)N[C@H](CC(N)=O)C(=O)O. The lowest BCUT2D eigenvalue weighted by Crippen LogP contribution is -2.42. The highest BCUT2D eigenvalue weighted by atomic mass is 16.4. The smallest absolute Gasteiger partial charge is 0.326 e. The van der Waals surface area contributed by atoms with Crippen LogP contribution in [0, 0.1) is 13.8 Å². The van der Waals surface area contributed by atoms with Crippen molar-refractivity contribution in [3.05, 3.63) is 23.0 Å². The summed E-state index contributed by atoms with van der Waals surface area (Å²) in [5.41, 5.74) is 7.35. The van der Waals surface area contributed by atoms with E-state index in [9.17, 15) is 14.4 Å². The van der Waals surface area contributed by atoms with E-state index in [4.69, 9.17) is 10.8 Å². The monoisotopic (exact) mass is 294 g/mol. The molecule has 0 aromatic carbocycles. The van der Waals surface area contributed by atoms with E-state index >= 15 is 0 Å². The molecule has 21 heavy (non-hydrogen) atoms. The normalized spacial score (nSPS) is 12.3. The summed E-state index contributed by atoms with van der Waals surface area (Å²) in [6.07, 6.45) is 2.30. The van der Waals surface area contributed by atoms with Gasteiger partial charge < -0.3 is 16.2 Å². The zero-order valence-corrected chi connectivity index (χ0v) is 12.1. The molecule has 0 saturated heterocycles. The Morgan fingerprint density at radius 3 is 2.48 bits per heavy atom. The molecule has 0 radical (unpaired) electrons. The van der Waals surface area contributed by atoms with E-state index in [2.05, 4.69) is 10.4 Å². The summed E-state index contributed by atoms with van der Waals surface area (Å²) in [7, 11) is 1.78. The van der Waals surface area contributed by atoms with Crippen LogP contribution in [0.2, 0.25) is 0 Å². The number of carbonyl (C=O) groups excluding carboxylic acids is 2. The summed E-state index contributed by atoms with van der Waals surface area (Å²) in [4.78, 5) is 33.3. The van der Waals surface area contributed by atoms with Crippen LogP contribution in [0.1, 0.15) is 23.4 Å². The van der Waals surface area contributed by atoms with Gasteiger partial charge in [0.05, 0.1) is 12.1 Å². The molecule has 1 aromatic heterocycles. The van der Waals surface area contributed by atoms with Crippen molar-refractivity contribution in [2.45, 2.75) is 26.3 Å². The van der Waals surface area contributed by atoms with E-state index in [1.165, 1.54) is 6.08 Å². The lowest BCUT2D eigenvalue weighted by atomic mass is 10.1. The van der Waals surface area contributed by atoms with Gasteiger partial charge in [-0.3, -0.25) is 14.3 Å². The predicted octanol–water partition coefficient (Wildman–Crippen LogP) is -0.505. The van der Waals surface area contributed by atoms with Gasteiger partial charge in [0.2, 0.25) is 11.8 Å². The second-order valence-electron chi connectivity index (χ2n) is 4.61. The van der Waals surface area contributed by atoms with E-state index < -0.39 is 30.2 Å². The molecule has 1 rings (SSSR count). The van der Waals surface area contributed by atoms with E-state index in [1.807, 2.05) is 6.92 Å². The number of hydrogen-bond donors (Lipinski definition) is 3. The second-order valence-corrected chi connectivity index (χ2v) is 4.61. The van der Waals surface area contributed by atoms with Crippen LogP contribution < -0.4 is 11.1 Å². The van der Waals surface area contributed by atoms with Gasteiger partial charge in [-0.1, -0.05) is 0 Å². The Bertz CT molecular complexity index is 604. The van der Waals surface area contributed by atoms with Gasteiger partial charge in [0.1, 0.15) is 6.04 Å². The fourth-order valence-electron chi connectivity index (χ4n) is 1.81. The number of carboxylic acid groups (broad SMARTS) is 1. The molecule has 0 aliphatic rings. The van der Waals surface area contributed by atoms with Crippen LogP contribution in [-0.2, 0) is 21.4 Å². The van der Waals surface area contributed by atoms with Crippen molar-refractivity contribution in [1.82, 2.24) is 15.1 Å². The van der Waals surface area contributed by atoms with Crippen molar-refractivity contribution in [3.8, 4) is 0 Å². The summed E-state index contributed by atoms with van der Waals surface area (Å²) >= 11 is 0. The molecule has 1 aromatic rings. The first-order chi connectivity index (χ1) is 9.72. The van der Waals surface area contributed by atoms with Crippen LogP contribution >= 0.6 is 0 Å². The zero-order valence-electron chi connectivity index (χ0n) is 12.1. The first kappa shape index (κ1) is 16.4. The summed E-state index contributed by atoms with van der Waals surface area (Å²) in [5, 5.41) is 15.3. The molecule has 1 atom stereocenters. The number of carboxylic acids is 1. The third-order valence-corrected chi connectivity index (χ3v) is 2.99. The summed E-state index contributed by atoms with van der Waals surface area (Å²) in [6, 6.07) is -1.34. The number of aromatic nitrogens is 2. The maximum Gasteiger partial charge on any atom is 0.326 e. The lowest BCUT2D eigenvalue weighted by Gasteiger charge is -2.10. The lowest BCUT2D eigenvalue weighted by molar-refractivity contribution is -0.142. The number of aliphatic carboxylic acids is 1. The molecule has 1 heterocycles. The Kier molecular flexibility index (Phi) is 5.23. The van der Waals surface area contributed by atoms with E-state index in [1.54, 1.807) is 24.7 Å². The summed E-state index contributed by atoms with van der Waals surface area (Å²) in [5.74, 6) is -2.73. The van der Waals surface area contributed by atoms with Gasteiger partial charge in [0, 0.05) is 24.4 Å². The van der Waals surface area contributed by atoms with Crippen molar-refractivity contribution in [2.24, 2.45) is 12.8 Å². The highest BCUT2D eigenvalue weighted by Crippen LogP contribution is 2.13. The molecule has 4 N–H and O–H groups in total. The molecule has 0 unspecified atom stereocenters. The molecule has 2 amide bonds. The highest BCUT2D eigenvalue weighted by Gasteiger charge is 2.21. The number of hydrogen-bond acceptors (Lipinski definition) is 4. The van der Waals surface area contributed by atoms with Gasteiger partial charge in [-0.25, -0.2) is 4.79 Å². The quantitative estimate of drug-likeness (QED) is 0.609. The standard InChI is InChI=1S/C13H18N4O4/c1-7-9(8(2)17(3)16-7)4-5-12(19)15-10(13(20)21)6-11(14)18/h4-5,10H,6H2,1-3H3,(H2,14,18)(H,15,19)(H,20,21)/b5-4+/t10-/m1/s1. The Balaban J connectivity index is 2.78. The number of nitrogens with one attached hydrogen (secondary N) is 1. The van der Waals surface area contributed by atoms with Crippen LogP contribution in [0.25, 0.3) is 6.08 Å². The van der Waals surface area contributed by atoms with Gasteiger partial charge in [0.25, 0.3) is 0 Å². The summed E-state index contributed by atoms with van der Waals surface area (Å²) in [6.45, 7) is 3.66. The van der Waals surface area contributed by atoms with Crippen molar-refractivity contribution < 1.29 is 19.5 Å². The largest absolute Gasteiger partial charge is 0.480 e. The minimum Gasteiger partial charge on any atom is -0.480 e. The van der Waals surface area contributed by atoms with E-state index in [-0.39, 0.29) is 0 Å². The van der Waals surface area contributed by atoms with Crippen LogP contribution in [0.15, 0.2) is 6.08 Å². The number of rotatable bonds is 6. The average Bonchev–Trinajstić information content (AvgIpc) is 2.60. The number of primary amides is 1. The molecule has 0 spiro atoms. The van der Waals surface area contributed by atoms with Crippen LogP contribution in [0.3, 0.4) is 0 Å². The number of amides is 2. The predicted molar refractivity (Wildman–Crippen MR) is 75.1 cm³/mol. The van der Waals surface area contributed by atoms with Crippen molar-refractivity contribution in [1.29, 1.82) is 0 Å². The molecule has 0 saturated carbocycles. The third-order valence-electron chi connectivity index (χ3n) is 2.99. The number of nitrogens with two attached hydrogens (primary N) is 1. The Morgan fingerprint density at radius 2 is 2.05 bits per heavy atom. The maximum atomic E-state index is 11.7. The average molecular weight is 294 g/mol. The highest BCUT2D eigenvalue weighted by molar-refractivity contribution is 5.95. The number of carbonyl (C=O) groups is 3. The van der Waals surface area contributed by atoms with Gasteiger partial charge in [-0.05, 0) is 19.9 Å². The van der Waals surface area contributed by atoms with Crippen molar-refractivity contribution >= 4 is 23.9 Å². The first-order valence-electron chi connectivity index (χ1n) is 6.22. The molecular formula is C13H18N4O4. The Labute approximate surface area is 121 Å².